The van der Waals surface area contributed by atoms with Crippen molar-refractivity contribution in [2.75, 3.05) is 26.2 Å². The predicted molar refractivity (Wildman–Crippen MR) is 91.7 cm³/mol. The van der Waals surface area contributed by atoms with Crippen molar-refractivity contribution in [1.29, 1.82) is 0 Å². The molecule has 21 heavy (non-hydrogen) atoms. The molecule has 0 aromatic heterocycles. The van der Waals surface area contributed by atoms with Crippen molar-refractivity contribution in [2.45, 2.75) is 52.0 Å². The zero-order chi connectivity index (χ0) is 14.9. The molecule has 1 aromatic rings. The summed E-state index contributed by atoms with van der Waals surface area (Å²) in [7, 11) is 0. The van der Waals surface area contributed by atoms with Crippen LogP contribution in [-0.2, 0) is 6.42 Å². The Morgan fingerprint density at radius 3 is 2.76 bits per heavy atom. The van der Waals surface area contributed by atoms with E-state index in [2.05, 4.69) is 54.4 Å². The van der Waals surface area contributed by atoms with Crippen LogP contribution in [0.5, 0.6) is 0 Å². The molecule has 118 valence electrons. The molecule has 0 saturated carbocycles. The number of unbranched alkanes of at least 4 members (excludes halogenated alkanes) is 1. The lowest BCUT2D eigenvalue weighted by atomic mass is 10.0. The van der Waals surface area contributed by atoms with Gasteiger partial charge in [0.25, 0.3) is 0 Å². The van der Waals surface area contributed by atoms with Gasteiger partial charge in [-0.25, -0.2) is 0 Å². The lowest BCUT2D eigenvalue weighted by molar-refractivity contribution is 0.259. The van der Waals surface area contributed by atoms with Gasteiger partial charge in [0.05, 0.1) is 0 Å². The molecule has 1 aliphatic heterocycles. The highest BCUT2D eigenvalue weighted by Crippen LogP contribution is 2.11. The summed E-state index contributed by atoms with van der Waals surface area (Å²) in [4.78, 5) is 2.67. The van der Waals surface area contributed by atoms with E-state index in [-0.39, 0.29) is 0 Å². The summed E-state index contributed by atoms with van der Waals surface area (Å²) in [5.74, 6) is 0.849. The van der Waals surface area contributed by atoms with Crippen LogP contribution in [-0.4, -0.2) is 37.1 Å². The molecule has 1 aliphatic rings. The van der Waals surface area contributed by atoms with Crippen LogP contribution in [0.25, 0.3) is 0 Å². The zero-order valence-electron chi connectivity index (χ0n) is 13.9. The van der Waals surface area contributed by atoms with E-state index in [0.29, 0.717) is 6.04 Å². The molecule has 1 atom stereocenters. The van der Waals surface area contributed by atoms with Gasteiger partial charge in [-0.3, -0.25) is 0 Å². The van der Waals surface area contributed by atoms with Gasteiger partial charge in [0.15, 0.2) is 0 Å². The molecule has 0 radical (unpaired) electrons. The largest absolute Gasteiger partial charge is 0.312 e. The minimum Gasteiger partial charge on any atom is -0.312 e. The van der Waals surface area contributed by atoms with Crippen molar-refractivity contribution in [3.05, 3.63) is 35.9 Å². The first kappa shape index (κ1) is 16.5. The molecule has 2 nitrogen and oxygen atoms in total. The van der Waals surface area contributed by atoms with E-state index in [0.717, 1.165) is 12.3 Å². The molecule has 1 aromatic carbocycles. The third-order valence-electron chi connectivity index (χ3n) is 4.39. The van der Waals surface area contributed by atoms with Gasteiger partial charge >= 0.3 is 0 Å². The molecule has 2 rings (SSSR count). The number of rotatable bonds is 7. The molecule has 2 heteroatoms. The summed E-state index contributed by atoms with van der Waals surface area (Å²) in [6, 6.07) is 11.5. The van der Waals surface area contributed by atoms with Crippen LogP contribution >= 0.6 is 0 Å². The van der Waals surface area contributed by atoms with E-state index in [1.165, 1.54) is 57.4 Å². The topological polar surface area (TPSA) is 15.3 Å². The van der Waals surface area contributed by atoms with E-state index in [1.54, 1.807) is 0 Å². The summed E-state index contributed by atoms with van der Waals surface area (Å²) in [6.45, 7) is 9.56. The zero-order valence-corrected chi connectivity index (χ0v) is 13.9. The Labute approximate surface area is 130 Å². The highest BCUT2D eigenvalue weighted by atomic mass is 15.2. The fraction of sp³-hybridized carbons (Fsp3) is 0.684. The van der Waals surface area contributed by atoms with Gasteiger partial charge in [-0.05, 0) is 50.4 Å². The molecule has 1 saturated heterocycles. The van der Waals surface area contributed by atoms with Gasteiger partial charge in [0.2, 0.25) is 0 Å². The molecule has 1 unspecified atom stereocenters. The first-order valence-corrected chi connectivity index (χ1v) is 8.73. The Morgan fingerprint density at radius 2 is 2.00 bits per heavy atom. The lowest BCUT2D eigenvalue weighted by Gasteiger charge is -2.24. The Bertz CT molecular complexity index is 374. The average molecular weight is 288 g/mol. The van der Waals surface area contributed by atoms with Crippen LogP contribution in [0.1, 0.15) is 45.1 Å². The SMILES string of the molecule is CC(C)CCCCN1CCCNC(Cc2ccccc2)C1. The van der Waals surface area contributed by atoms with Gasteiger partial charge < -0.3 is 10.2 Å². The van der Waals surface area contributed by atoms with E-state index in [1.807, 2.05) is 0 Å². The molecule has 1 N–H and O–H groups in total. The summed E-state index contributed by atoms with van der Waals surface area (Å²) in [5.41, 5.74) is 1.46. The number of hydrogen-bond donors (Lipinski definition) is 1. The second-order valence-electron chi connectivity index (χ2n) is 6.88. The molecular formula is C19H32N2. The van der Waals surface area contributed by atoms with Crippen LogP contribution in [0.2, 0.25) is 0 Å². The van der Waals surface area contributed by atoms with Crippen LogP contribution in [0.4, 0.5) is 0 Å². The van der Waals surface area contributed by atoms with Gasteiger partial charge in [-0.1, -0.05) is 57.0 Å². The Balaban J connectivity index is 1.75. The van der Waals surface area contributed by atoms with Gasteiger partial charge in [-0.2, -0.15) is 0 Å². The summed E-state index contributed by atoms with van der Waals surface area (Å²) < 4.78 is 0. The van der Waals surface area contributed by atoms with Gasteiger partial charge in [-0.15, -0.1) is 0 Å². The number of hydrogen-bond acceptors (Lipinski definition) is 2. The highest BCUT2D eigenvalue weighted by Gasteiger charge is 2.17. The number of benzene rings is 1. The maximum Gasteiger partial charge on any atom is 0.0235 e. The quantitative estimate of drug-likeness (QED) is 0.769. The van der Waals surface area contributed by atoms with Crippen molar-refractivity contribution in [1.82, 2.24) is 10.2 Å². The van der Waals surface area contributed by atoms with Crippen LogP contribution < -0.4 is 5.32 Å². The van der Waals surface area contributed by atoms with Crippen molar-refractivity contribution in [3.8, 4) is 0 Å². The van der Waals surface area contributed by atoms with Crippen molar-refractivity contribution < 1.29 is 0 Å². The van der Waals surface area contributed by atoms with Gasteiger partial charge in [0, 0.05) is 12.6 Å². The maximum absolute atomic E-state index is 3.73. The fourth-order valence-electron chi connectivity index (χ4n) is 3.20. The smallest absolute Gasteiger partial charge is 0.0235 e. The Kier molecular flexibility index (Phi) is 7.25. The average Bonchev–Trinajstić information content (AvgIpc) is 2.70. The molecule has 0 aliphatic carbocycles. The minimum atomic E-state index is 0.611. The number of nitrogens with zero attached hydrogens (tertiary/aromatic N) is 1. The third-order valence-corrected chi connectivity index (χ3v) is 4.39. The van der Waals surface area contributed by atoms with E-state index in [4.69, 9.17) is 0 Å². The molecule has 0 bridgehead atoms. The summed E-state index contributed by atoms with van der Waals surface area (Å²) in [6.07, 6.45) is 6.56. The predicted octanol–water partition coefficient (Wildman–Crippen LogP) is 3.72. The van der Waals surface area contributed by atoms with E-state index in [9.17, 15) is 0 Å². The molecular weight excluding hydrogens is 256 g/mol. The van der Waals surface area contributed by atoms with E-state index >= 15 is 0 Å². The Hall–Kier alpha value is -0.860. The minimum absolute atomic E-state index is 0.611. The van der Waals surface area contributed by atoms with Crippen molar-refractivity contribution in [2.24, 2.45) is 5.92 Å². The number of nitrogens with one attached hydrogen (secondary N) is 1. The highest BCUT2D eigenvalue weighted by molar-refractivity contribution is 5.16. The normalized spacial score (nSPS) is 20.6. The molecule has 1 heterocycles. The Morgan fingerprint density at radius 1 is 1.19 bits per heavy atom. The van der Waals surface area contributed by atoms with Crippen molar-refractivity contribution >= 4 is 0 Å². The molecule has 1 fully saturated rings. The van der Waals surface area contributed by atoms with Crippen LogP contribution in [0.3, 0.4) is 0 Å². The van der Waals surface area contributed by atoms with Crippen molar-refractivity contribution in [3.63, 3.8) is 0 Å². The first-order valence-electron chi connectivity index (χ1n) is 8.73. The third kappa shape index (κ3) is 6.62. The maximum atomic E-state index is 3.73. The second-order valence-corrected chi connectivity index (χ2v) is 6.88. The van der Waals surface area contributed by atoms with Crippen LogP contribution in [0, 0.1) is 5.92 Å². The summed E-state index contributed by atoms with van der Waals surface area (Å²) >= 11 is 0. The molecule has 0 amide bonds. The second kappa shape index (κ2) is 9.22. The molecule has 0 spiro atoms. The first-order chi connectivity index (χ1) is 10.2. The standard InChI is InChI=1S/C19H32N2/c1-17(2)9-6-7-13-21-14-8-12-20-19(16-21)15-18-10-4-3-5-11-18/h3-5,10-11,17,19-20H,6-9,12-16H2,1-2H3. The summed E-state index contributed by atoms with van der Waals surface area (Å²) in [5, 5.41) is 3.73. The van der Waals surface area contributed by atoms with Crippen LogP contribution in [0.15, 0.2) is 30.3 Å². The fourth-order valence-corrected chi connectivity index (χ4v) is 3.20. The van der Waals surface area contributed by atoms with Gasteiger partial charge in [0.1, 0.15) is 0 Å². The monoisotopic (exact) mass is 288 g/mol. The lowest BCUT2D eigenvalue weighted by Crippen LogP contribution is -2.39. The van der Waals surface area contributed by atoms with E-state index < -0.39 is 0 Å².